The highest BCUT2D eigenvalue weighted by Crippen LogP contribution is 2.18. The molecule has 0 aliphatic carbocycles. The van der Waals surface area contributed by atoms with Crippen molar-refractivity contribution in [3.8, 4) is 0 Å². The molecule has 4 nitrogen and oxygen atoms in total. The molecule has 0 aliphatic heterocycles. The van der Waals surface area contributed by atoms with Gasteiger partial charge in [-0.1, -0.05) is 0 Å². The van der Waals surface area contributed by atoms with Crippen LogP contribution in [0.25, 0.3) is 0 Å². The van der Waals surface area contributed by atoms with Gasteiger partial charge in [-0.2, -0.15) is 0 Å². The van der Waals surface area contributed by atoms with Crippen LogP contribution in [0.4, 0.5) is 5.69 Å². The second-order valence-corrected chi connectivity index (χ2v) is 3.02. The highest BCUT2D eigenvalue weighted by atomic mass is 16.1. The highest BCUT2D eigenvalue weighted by Gasteiger charge is 2.10. The first-order valence-corrected chi connectivity index (χ1v) is 4.22. The molecule has 0 aromatic heterocycles. The smallest absolute Gasteiger partial charge is 0.253 e. The molecule has 0 heterocycles. The molecule has 74 valence electrons. The van der Waals surface area contributed by atoms with Crippen LogP contribution in [0.5, 0.6) is 0 Å². The zero-order chi connectivity index (χ0) is 10.7. The standard InChI is InChI=1S/C10H13N3O/c1-6-3-7(5-11)4-8(9(6)12)10(14)13-2/h3-5,11H,12H2,1-2H3,(H,13,14). The first-order chi connectivity index (χ1) is 6.60. The minimum atomic E-state index is -0.228. The number of aryl methyl sites for hydroxylation is 1. The number of carbonyl (C=O) groups is 1. The number of nitrogens with one attached hydrogen (secondary N) is 2. The van der Waals surface area contributed by atoms with Gasteiger partial charge in [0.15, 0.2) is 0 Å². The van der Waals surface area contributed by atoms with E-state index in [4.69, 9.17) is 11.1 Å². The fourth-order valence-corrected chi connectivity index (χ4v) is 1.23. The number of carbonyl (C=O) groups excluding carboxylic acids is 1. The molecule has 4 heteroatoms. The van der Waals surface area contributed by atoms with Crippen molar-refractivity contribution in [2.45, 2.75) is 6.92 Å². The quantitative estimate of drug-likeness (QED) is 0.480. The molecule has 0 spiro atoms. The number of nitrogens with two attached hydrogens (primary N) is 1. The average Bonchev–Trinajstić information content (AvgIpc) is 2.20. The van der Waals surface area contributed by atoms with Crippen molar-refractivity contribution in [3.05, 3.63) is 28.8 Å². The molecule has 0 unspecified atom stereocenters. The van der Waals surface area contributed by atoms with Crippen molar-refractivity contribution in [1.82, 2.24) is 5.32 Å². The van der Waals surface area contributed by atoms with Crippen LogP contribution in [0.1, 0.15) is 21.5 Å². The first-order valence-electron chi connectivity index (χ1n) is 4.22. The van der Waals surface area contributed by atoms with Gasteiger partial charge in [0.1, 0.15) is 0 Å². The van der Waals surface area contributed by atoms with Crippen LogP contribution in [0.3, 0.4) is 0 Å². The molecular weight excluding hydrogens is 178 g/mol. The number of rotatable bonds is 2. The third kappa shape index (κ3) is 1.74. The van der Waals surface area contributed by atoms with Crippen molar-refractivity contribution in [2.24, 2.45) is 0 Å². The lowest BCUT2D eigenvalue weighted by atomic mass is 10.0. The maximum atomic E-state index is 11.4. The minimum absolute atomic E-state index is 0.228. The summed E-state index contributed by atoms with van der Waals surface area (Å²) in [5, 5.41) is 9.61. The zero-order valence-corrected chi connectivity index (χ0v) is 8.22. The molecule has 0 radical (unpaired) electrons. The van der Waals surface area contributed by atoms with Crippen LogP contribution < -0.4 is 11.1 Å². The second kappa shape index (κ2) is 3.91. The summed E-state index contributed by atoms with van der Waals surface area (Å²) in [4.78, 5) is 11.4. The summed E-state index contributed by atoms with van der Waals surface area (Å²) in [7, 11) is 1.55. The molecule has 1 aromatic rings. The van der Waals surface area contributed by atoms with Crippen LogP contribution in [-0.2, 0) is 0 Å². The number of nitrogen functional groups attached to an aromatic ring is 1. The van der Waals surface area contributed by atoms with Gasteiger partial charge in [0.25, 0.3) is 5.91 Å². The lowest BCUT2D eigenvalue weighted by molar-refractivity contribution is 0.0964. The Morgan fingerprint density at radius 2 is 2.21 bits per heavy atom. The van der Waals surface area contributed by atoms with Crippen LogP contribution in [0.2, 0.25) is 0 Å². The van der Waals surface area contributed by atoms with E-state index in [2.05, 4.69) is 5.32 Å². The summed E-state index contributed by atoms with van der Waals surface area (Å²) in [6.45, 7) is 1.81. The van der Waals surface area contributed by atoms with E-state index in [1.54, 1.807) is 19.2 Å². The van der Waals surface area contributed by atoms with Gasteiger partial charge in [0.2, 0.25) is 0 Å². The fourth-order valence-electron chi connectivity index (χ4n) is 1.23. The second-order valence-electron chi connectivity index (χ2n) is 3.02. The number of anilines is 1. The molecule has 14 heavy (non-hydrogen) atoms. The van der Waals surface area contributed by atoms with E-state index in [-0.39, 0.29) is 5.91 Å². The SMILES string of the molecule is CNC(=O)c1cc(C=N)cc(C)c1N. The molecule has 0 bridgehead atoms. The topological polar surface area (TPSA) is 79.0 Å². The summed E-state index contributed by atoms with van der Waals surface area (Å²) >= 11 is 0. The highest BCUT2D eigenvalue weighted by molar-refractivity contribution is 6.01. The Labute approximate surface area is 82.6 Å². The largest absolute Gasteiger partial charge is 0.398 e. The lowest BCUT2D eigenvalue weighted by Gasteiger charge is -2.08. The Morgan fingerprint density at radius 1 is 1.57 bits per heavy atom. The third-order valence-electron chi connectivity index (χ3n) is 2.05. The lowest BCUT2D eigenvalue weighted by Crippen LogP contribution is -2.20. The van der Waals surface area contributed by atoms with Crippen molar-refractivity contribution in [3.63, 3.8) is 0 Å². The van der Waals surface area contributed by atoms with E-state index < -0.39 is 0 Å². The number of hydrogen-bond donors (Lipinski definition) is 3. The normalized spacial score (nSPS) is 9.57. The molecular formula is C10H13N3O. The Bertz CT molecular complexity index is 385. The Morgan fingerprint density at radius 3 is 2.71 bits per heavy atom. The Kier molecular flexibility index (Phi) is 2.86. The van der Waals surface area contributed by atoms with E-state index in [0.717, 1.165) is 5.56 Å². The summed E-state index contributed by atoms with van der Waals surface area (Å²) in [5.41, 5.74) is 8.12. The van der Waals surface area contributed by atoms with E-state index in [1.807, 2.05) is 6.92 Å². The van der Waals surface area contributed by atoms with E-state index >= 15 is 0 Å². The van der Waals surface area contributed by atoms with Crippen molar-refractivity contribution in [2.75, 3.05) is 12.8 Å². The van der Waals surface area contributed by atoms with Gasteiger partial charge in [-0.25, -0.2) is 0 Å². The molecule has 0 atom stereocenters. The van der Waals surface area contributed by atoms with E-state index in [1.165, 1.54) is 6.21 Å². The zero-order valence-electron chi connectivity index (χ0n) is 8.22. The van der Waals surface area contributed by atoms with Crippen LogP contribution in [0, 0.1) is 12.3 Å². The summed E-state index contributed by atoms with van der Waals surface area (Å²) in [6, 6.07) is 3.38. The van der Waals surface area contributed by atoms with Crippen LogP contribution in [0.15, 0.2) is 12.1 Å². The van der Waals surface area contributed by atoms with Crippen LogP contribution >= 0.6 is 0 Å². The molecule has 0 fully saturated rings. The summed E-state index contributed by atoms with van der Waals surface area (Å²) in [5.74, 6) is -0.228. The molecule has 4 N–H and O–H groups in total. The van der Waals surface area contributed by atoms with Gasteiger partial charge < -0.3 is 16.5 Å². The maximum Gasteiger partial charge on any atom is 0.253 e. The predicted molar refractivity (Wildman–Crippen MR) is 56.9 cm³/mol. The predicted octanol–water partition coefficient (Wildman–Crippen LogP) is 0.934. The average molecular weight is 191 g/mol. The first kappa shape index (κ1) is 10.2. The summed E-state index contributed by atoms with van der Waals surface area (Å²) in [6.07, 6.45) is 1.19. The van der Waals surface area contributed by atoms with Crippen molar-refractivity contribution in [1.29, 1.82) is 5.41 Å². The van der Waals surface area contributed by atoms with Crippen molar-refractivity contribution >= 4 is 17.8 Å². The molecule has 1 aromatic carbocycles. The monoisotopic (exact) mass is 191 g/mol. The van der Waals surface area contributed by atoms with Crippen molar-refractivity contribution < 1.29 is 4.79 Å². The number of hydrogen-bond acceptors (Lipinski definition) is 3. The third-order valence-corrected chi connectivity index (χ3v) is 2.05. The summed E-state index contributed by atoms with van der Waals surface area (Å²) < 4.78 is 0. The molecule has 1 rings (SSSR count). The molecule has 0 aliphatic rings. The van der Waals surface area contributed by atoms with Gasteiger partial charge >= 0.3 is 0 Å². The van der Waals surface area contributed by atoms with Crippen LogP contribution in [-0.4, -0.2) is 19.2 Å². The molecule has 1 amide bonds. The number of benzene rings is 1. The molecule has 0 saturated carbocycles. The van der Waals surface area contributed by atoms with Gasteiger partial charge in [0.05, 0.1) is 5.56 Å². The van der Waals surface area contributed by atoms with E-state index in [0.29, 0.717) is 16.8 Å². The van der Waals surface area contributed by atoms with E-state index in [9.17, 15) is 4.79 Å². The van der Waals surface area contributed by atoms with Gasteiger partial charge in [-0.05, 0) is 30.2 Å². The minimum Gasteiger partial charge on any atom is -0.398 e. The molecule has 0 saturated heterocycles. The Hall–Kier alpha value is -1.84. The van der Waals surface area contributed by atoms with Gasteiger partial charge in [0, 0.05) is 18.9 Å². The Balaban J connectivity index is 3.33. The fraction of sp³-hybridized carbons (Fsp3) is 0.200. The maximum absolute atomic E-state index is 11.4. The van der Waals surface area contributed by atoms with Gasteiger partial charge in [-0.3, -0.25) is 4.79 Å². The number of amides is 1. The van der Waals surface area contributed by atoms with Gasteiger partial charge in [-0.15, -0.1) is 0 Å².